The predicted octanol–water partition coefficient (Wildman–Crippen LogP) is 2.62. The van der Waals surface area contributed by atoms with Gasteiger partial charge in [-0.3, -0.25) is 0 Å². The summed E-state index contributed by atoms with van der Waals surface area (Å²) in [5, 5.41) is 6.76. The maximum atomic E-state index is 12.4. The van der Waals surface area contributed by atoms with Gasteiger partial charge in [-0.05, 0) is 12.5 Å². The summed E-state index contributed by atoms with van der Waals surface area (Å²) in [6.07, 6.45) is -1.44. The lowest BCUT2D eigenvalue weighted by Crippen LogP contribution is -2.19. The van der Waals surface area contributed by atoms with Gasteiger partial charge in [0.25, 0.3) is 0 Å². The predicted molar refractivity (Wildman–Crippen MR) is 65.2 cm³/mol. The van der Waals surface area contributed by atoms with Gasteiger partial charge in [-0.15, -0.1) is 0 Å². The van der Waals surface area contributed by atoms with Crippen molar-refractivity contribution in [2.75, 3.05) is 6.54 Å². The quantitative estimate of drug-likeness (QED) is 0.919. The van der Waals surface area contributed by atoms with E-state index in [1.54, 1.807) is 0 Å². The van der Waals surface area contributed by atoms with Crippen LogP contribution in [0.1, 0.15) is 25.1 Å². The van der Waals surface area contributed by atoms with E-state index in [0.717, 1.165) is 23.6 Å². The van der Waals surface area contributed by atoms with E-state index in [2.05, 4.69) is 29.2 Å². The van der Waals surface area contributed by atoms with Crippen molar-refractivity contribution in [2.45, 2.75) is 26.6 Å². The molecule has 0 radical (unpaired) electrons. The minimum absolute atomic E-state index is 0.0156. The summed E-state index contributed by atoms with van der Waals surface area (Å²) in [6, 6.07) is 0.0156. The monoisotopic (exact) mass is 288 g/mol. The molecule has 1 N–H and O–H groups in total. The molecule has 2 heterocycles. The molecule has 110 valence electrons. The largest absolute Gasteiger partial charge is 0.430 e. The number of nitrogens with zero attached hydrogens (tertiary/aromatic N) is 3. The minimum Gasteiger partial charge on any atom is -0.430 e. The molecule has 0 saturated heterocycles. The minimum atomic E-state index is -4.42. The van der Waals surface area contributed by atoms with Crippen LogP contribution in [0.15, 0.2) is 23.1 Å². The third-order valence-electron chi connectivity index (χ3n) is 2.50. The Morgan fingerprint density at radius 1 is 1.40 bits per heavy atom. The highest BCUT2D eigenvalue weighted by atomic mass is 19.4. The van der Waals surface area contributed by atoms with Gasteiger partial charge in [0.1, 0.15) is 6.26 Å². The Kier molecular flexibility index (Phi) is 4.12. The highest BCUT2D eigenvalue weighted by molar-refractivity contribution is 5.16. The second-order valence-corrected chi connectivity index (χ2v) is 4.82. The van der Waals surface area contributed by atoms with Gasteiger partial charge in [-0.2, -0.15) is 27.9 Å². The Morgan fingerprint density at radius 3 is 2.75 bits per heavy atom. The number of rotatable bonds is 5. The van der Waals surface area contributed by atoms with Crippen molar-refractivity contribution in [2.24, 2.45) is 5.92 Å². The van der Waals surface area contributed by atoms with E-state index in [-0.39, 0.29) is 6.01 Å². The van der Waals surface area contributed by atoms with Gasteiger partial charge in [0, 0.05) is 12.7 Å². The first-order valence-corrected chi connectivity index (χ1v) is 6.13. The van der Waals surface area contributed by atoms with Crippen molar-refractivity contribution in [3.63, 3.8) is 0 Å². The summed E-state index contributed by atoms with van der Waals surface area (Å²) in [5.74, 6) is 0.502. The number of oxazole rings is 1. The number of halogens is 3. The van der Waals surface area contributed by atoms with Gasteiger partial charge >= 0.3 is 12.2 Å². The summed E-state index contributed by atoms with van der Waals surface area (Å²) in [6.45, 7) is 5.46. The fourth-order valence-electron chi connectivity index (χ4n) is 1.55. The molecule has 0 fully saturated rings. The molecule has 0 aromatic carbocycles. The lowest BCUT2D eigenvalue weighted by atomic mass is 10.2. The molecule has 2 aromatic heterocycles. The summed E-state index contributed by atoms with van der Waals surface area (Å²) in [7, 11) is 0. The third kappa shape index (κ3) is 3.60. The molecule has 0 aliphatic carbocycles. The van der Waals surface area contributed by atoms with E-state index in [0.29, 0.717) is 18.2 Å². The summed E-state index contributed by atoms with van der Waals surface area (Å²) in [5.41, 5.74) is -0.222. The first-order chi connectivity index (χ1) is 9.36. The van der Waals surface area contributed by atoms with Crippen LogP contribution in [-0.2, 0) is 12.7 Å². The van der Waals surface area contributed by atoms with Crippen LogP contribution in [-0.4, -0.2) is 21.3 Å². The third-order valence-corrected chi connectivity index (χ3v) is 2.50. The van der Waals surface area contributed by atoms with Gasteiger partial charge in [-0.25, -0.2) is 0 Å². The maximum absolute atomic E-state index is 12.4. The topological polar surface area (TPSA) is 55.9 Å². The van der Waals surface area contributed by atoms with E-state index in [1.807, 2.05) is 0 Å². The van der Waals surface area contributed by atoms with Crippen LogP contribution in [0.2, 0.25) is 0 Å². The van der Waals surface area contributed by atoms with Crippen LogP contribution in [0.3, 0.4) is 0 Å². The van der Waals surface area contributed by atoms with Crippen molar-refractivity contribution in [3.8, 4) is 6.01 Å². The second kappa shape index (κ2) is 5.66. The van der Waals surface area contributed by atoms with Gasteiger partial charge in [0.15, 0.2) is 0 Å². The van der Waals surface area contributed by atoms with Crippen molar-refractivity contribution >= 4 is 0 Å². The Balaban J connectivity index is 2.03. The molecule has 2 aromatic rings. The summed E-state index contributed by atoms with van der Waals surface area (Å²) in [4.78, 5) is 4.08. The molecule has 20 heavy (non-hydrogen) atoms. The van der Waals surface area contributed by atoms with Gasteiger partial charge in [-0.1, -0.05) is 13.8 Å². The lowest BCUT2D eigenvalue weighted by molar-refractivity contribution is -0.137. The van der Waals surface area contributed by atoms with Crippen LogP contribution in [0, 0.1) is 5.92 Å². The zero-order valence-electron chi connectivity index (χ0n) is 11.1. The maximum Gasteiger partial charge on any atom is 0.419 e. The SMILES string of the molecule is CC(C)CNCc1coc(-n2cc(C(F)(F)F)cn2)n1. The van der Waals surface area contributed by atoms with Crippen LogP contribution in [0.5, 0.6) is 0 Å². The first kappa shape index (κ1) is 14.6. The van der Waals surface area contributed by atoms with Crippen LogP contribution >= 0.6 is 0 Å². The van der Waals surface area contributed by atoms with E-state index < -0.39 is 11.7 Å². The number of hydrogen-bond donors (Lipinski definition) is 1. The molecule has 0 amide bonds. The zero-order chi connectivity index (χ0) is 14.8. The van der Waals surface area contributed by atoms with Crippen LogP contribution < -0.4 is 5.32 Å². The molecule has 0 aliphatic heterocycles. The van der Waals surface area contributed by atoms with Crippen molar-refractivity contribution in [3.05, 3.63) is 29.9 Å². The van der Waals surface area contributed by atoms with E-state index >= 15 is 0 Å². The average Bonchev–Trinajstić information content (AvgIpc) is 2.94. The lowest BCUT2D eigenvalue weighted by Gasteiger charge is -2.04. The van der Waals surface area contributed by atoms with Crippen molar-refractivity contribution in [1.29, 1.82) is 0 Å². The molecule has 5 nitrogen and oxygen atoms in total. The van der Waals surface area contributed by atoms with E-state index in [4.69, 9.17) is 4.42 Å². The molecule has 0 aliphatic rings. The van der Waals surface area contributed by atoms with Crippen LogP contribution in [0.4, 0.5) is 13.2 Å². The number of nitrogens with one attached hydrogen (secondary N) is 1. The van der Waals surface area contributed by atoms with Crippen molar-refractivity contribution < 1.29 is 17.6 Å². The van der Waals surface area contributed by atoms with Crippen LogP contribution in [0.25, 0.3) is 6.01 Å². The number of hydrogen-bond acceptors (Lipinski definition) is 4. The average molecular weight is 288 g/mol. The van der Waals surface area contributed by atoms with E-state index in [1.165, 1.54) is 6.26 Å². The molecule has 0 spiro atoms. The fourth-order valence-corrected chi connectivity index (χ4v) is 1.55. The molecule has 0 atom stereocenters. The molecule has 0 saturated carbocycles. The molecular weight excluding hydrogens is 273 g/mol. The normalized spacial score (nSPS) is 12.3. The van der Waals surface area contributed by atoms with Gasteiger partial charge < -0.3 is 9.73 Å². The molecule has 2 rings (SSSR count). The Labute approximate surface area is 113 Å². The van der Waals surface area contributed by atoms with Gasteiger partial charge in [0.2, 0.25) is 0 Å². The molecule has 0 unspecified atom stereocenters. The Hall–Kier alpha value is -1.83. The molecule has 8 heteroatoms. The fraction of sp³-hybridized carbons (Fsp3) is 0.500. The van der Waals surface area contributed by atoms with Crippen molar-refractivity contribution in [1.82, 2.24) is 20.1 Å². The smallest absolute Gasteiger partial charge is 0.419 e. The van der Waals surface area contributed by atoms with Gasteiger partial charge in [0.05, 0.1) is 17.5 Å². The number of alkyl halides is 3. The zero-order valence-corrected chi connectivity index (χ0v) is 11.1. The Morgan fingerprint density at radius 2 is 2.15 bits per heavy atom. The standard InChI is InChI=1S/C12H15F3N4O/c1-8(2)3-16-5-10-7-20-11(18-10)19-6-9(4-17-19)12(13,14)15/h4,6-8,16H,3,5H2,1-2H3. The molecular formula is C12H15F3N4O. The summed E-state index contributed by atoms with van der Waals surface area (Å²) < 4.78 is 43.4. The summed E-state index contributed by atoms with van der Waals surface area (Å²) >= 11 is 0. The number of aromatic nitrogens is 3. The van der Waals surface area contributed by atoms with E-state index in [9.17, 15) is 13.2 Å². The second-order valence-electron chi connectivity index (χ2n) is 4.82. The first-order valence-electron chi connectivity index (χ1n) is 6.13. The molecule has 0 bridgehead atoms. The highest BCUT2D eigenvalue weighted by Gasteiger charge is 2.32. The Bertz CT molecular complexity index is 559. The highest BCUT2D eigenvalue weighted by Crippen LogP contribution is 2.28.